The summed E-state index contributed by atoms with van der Waals surface area (Å²) in [6.07, 6.45) is 1.37. The van der Waals surface area contributed by atoms with E-state index in [4.69, 9.17) is 4.74 Å². The van der Waals surface area contributed by atoms with Crippen LogP contribution < -0.4 is 20.5 Å². The van der Waals surface area contributed by atoms with Crippen molar-refractivity contribution >= 4 is 44.7 Å². The van der Waals surface area contributed by atoms with Gasteiger partial charge in [0.15, 0.2) is 0 Å². The van der Waals surface area contributed by atoms with Gasteiger partial charge in [0.05, 0.1) is 29.4 Å². The Hall–Kier alpha value is -3.98. The van der Waals surface area contributed by atoms with Crippen LogP contribution in [0.1, 0.15) is 27.7 Å². The molecule has 2 aromatic heterocycles. The zero-order valence-corrected chi connectivity index (χ0v) is 20.8. The average molecular weight is 491 g/mol. The summed E-state index contributed by atoms with van der Waals surface area (Å²) in [7, 11) is 1.53. The van der Waals surface area contributed by atoms with E-state index in [2.05, 4.69) is 10.3 Å². The molecule has 0 spiro atoms. The Morgan fingerprint density at radius 2 is 1.91 bits per heavy atom. The predicted octanol–water partition coefficient (Wildman–Crippen LogP) is 4.39. The van der Waals surface area contributed by atoms with E-state index < -0.39 is 0 Å². The second kappa shape index (κ2) is 10.1. The number of anilines is 2. The first-order valence-electron chi connectivity index (χ1n) is 11.1. The fourth-order valence-corrected chi connectivity index (χ4v) is 4.98. The van der Waals surface area contributed by atoms with E-state index in [1.54, 1.807) is 30.0 Å². The number of amides is 2. The Morgan fingerprint density at radius 1 is 1.14 bits per heavy atom. The maximum atomic E-state index is 13.3. The molecule has 0 atom stereocenters. The van der Waals surface area contributed by atoms with Crippen molar-refractivity contribution < 1.29 is 14.3 Å². The summed E-state index contributed by atoms with van der Waals surface area (Å²) < 4.78 is 6.59. The van der Waals surface area contributed by atoms with Gasteiger partial charge in [0, 0.05) is 12.2 Å². The number of fused-ring (bicyclic) bond motifs is 1. The van der Waals surface area contributed by atoms with Crippen LogP contribution in [0.4, 0.5) is 11.4 Å². The topological polar surface area (TPSA) is 93.5 Å². The highest BCUT2D eigenvalue weighted by atomic mass is 32.1. The highest BCUT2D eigenvalue weighted by molar-refractivity contribution is 7.20. The van der Waals surface area contributed by atoms with Gasteiger partial charge in [-0.05, 0) is 56.2 Å². The minimum absolute atomic E-state index is 0.151. The first kappa shape index (κ1) is 24.2. The molecule has 4 rings (SSSR count). The molecule has 0 aliphatic heterocycles. The van der Waals surface area contributed by atoms with Crippen molar-refractivity contribution in [2.45, 2.75) is 27.3 Å². The highest BCUT2D eigenvalue weighted by Crippen LogP contribution is 2.29. The number of rotatable bonds is 7. The molecule has 0 aliphatic carbocycles. The highest BCUT2D eigenvalue weighted by Gasteiger charge is 2.22. The van der Waals surface area contributed by atoms with Crippen molar-refractivity contribution in [2.24, 2.45) is 0 Å². The summed E-state index contributed by atoms with van der Waals surface area (Å²) in [6.45, 7) is 5.89. The van der Waals surface area contributed by atoms with Crippen LogP contribution in [0.5, 0.6) is 5.75 Å². The predicted molar refractivity (Wildman–Crippen MR) is 139 cm³/mol. The fourth-order valence-electron chi connectivity index (χ4n) is 3.95. The van der Waals surface area contributed by atoms with E-state index in [-0.39, 0.29) is 23.9 Å². The van der Waals surface area contributed by atoms with Gasteiger partial charge in [-0.3, -0.25) is 19.0 Å². The molecule has 4 aromatic rings. The number of ether oxygens (including phenoxy) is 1. The quantitative estimate of drug-likeness (QED) is 0.415. The molecule has 9 heteroatoms. The summed E-state index contributed by atoms with van der Waals surface area (Å²) in [5, 5.41) is 3.18. The number of aryl methyl sites for hydroxylation is 2. The summed E-state index contributed by atoms with van der Waals surface area (Å²) in [6, 6.07) is 14.8. The Morgan fingerprint density at radius 3 is 2.63 bits per heavy atom. The van der Waals surface area contributed by atoms with Gasteiger partial charge in [0.1, 0.15) is 17.1 Å². The van der Waals surface area contributed by atoms with Crippen LogP contribution in [0.3, 0.4) is 0 Å². The first-order chi connectivity index (χ1) is 16.8. The van der Waals surface area contributed by atoms with Crippen LogP contribution in [0.25, 0.3) is 10.2 Å². The van der Waals surface area contributed by atoms with Crippen molar-refractivity contribution in [2.75, 3.05) is 23.9 Å². The van der Waals surface area contributed by atoms with E-state index in [9.17, 15) is 14.4 Å². The van der Waals surface area contributed by atoms with E-state index in [0.29, 0.717) is 38.6 Å². The van der Waals surface area contributed by atoms with Crippen molar-refractivity contribution in [3.8, 4) is 5.75 Å². The van der Waals surface area contributed by atoms with Gasteiger partial charge in [-0.25, -0.2) is 4.98 Å². The van der Waals surface area contributed by atoms with Crippen LogP contribution in [-0.2, 0) is 11.3 Å². The number of carbonyl (C=O) groups is 2. The lowest BCUT2D eigenvalue weighted by Gasteiger charge is -2.22. The molecule has 2 heterocycles. The SMILES string of the molecule is CCN(C(=O)Cn1cnc2sc(C(=O)Nc3ccccc3OC)c(C)c2c1=O)c1cccc(C)c1. The molecule has 0 radical (unpaired) electrons. The second-order valence-electron chi connectivity index (χ2n) is 8.05. The van der Waals surface area contributed by atoms with Crippen LogP contribution in [0.15, 0.2) is 59.7 Å². The zero-order valence-electron chi connectivity index (χ0n) is 20.0. The maximum absolute atomic E-state index is 13.3. The number of aromatic nitrogens is 2. The van der Waals surface area contributed by atoms with Crippen molar-refractivity contribution in [3.63, 3.8) is 0 Å². The largest absolute Gasteiger partial charge is 0.495 e. The van der Waals surface area contributed by atoms with Crippen molar-refractivity contribution in [3.05, 3.63) is 81.2 Å². The summed E-state index contributed by atoms with van der Waals surface area (Å²) in [5.74, 6) is -0.0373. The van der Waals surface area contributed by atoms with Gasteiger partial charge in [0.25, 0.3) is 11.5 Å². The first-order valence-corrected chi connectivity index (χ1v) is 12.0. The minimum Gasteiger partial charge on any atom is -0.495 e. The molecule has 0 bridgehead atoms. The molecular formula is C26H26N4O4S. The summed E-state index contributed by atoms with van der Waals surface area (Å²) in [5.41, 5.74) is 2.53. The number of benzene rings is 2. The Bertz CT molecular complexity index is 1470. The summed E-state index contributed by atoms with van der Waals surface area (Å²) >= 11 is 1.14. The number of nitrogens with one attached hydrogen (secondary N) is 1. The van der Waals surface area contributed by atoms with Crippen molar-refractivity contribution in [1.29, 1.82) is 0 Å². The van der Waals surface area contributed by atoms with E-state index in [1.807, 2.05) is 44.2 Å². The third kappa shape index (κ3) is 4.81. The van der Waals surface area contributed by atoms with Gasteiger partial charge in [-0.1, -0.05) is 24.3 Å². The van der Waals surface area contributed by atoms with Gasteiger partial charge in [0.2, 0.25) is 5.91 Å². The van der Waals surface area contributed by atoms with E-state index in [1.165, 1.54) is 18.0 Å². The third-order valence-corrected chi connectivity index (χ3v) is 6.91. The second-order valence-corrected chi connectivity index (χ2v) is 9.04. The lowest BCUT2D eigenvalue weighted by Crippen LogP contribution is -2.36. The monoisotopic (exact) mass is 490 g/mol. The molecule has 2 amide bonds. The Balaban J connectivity index is 1.63. The van der Waals surface area contributed by atoms with Crippen molar-refractivity contribution in [1.82, 2.24) is 9.55 Å². The molecule has 35 heavy (non-hydrogen) atoms. The molecule has 0 unspecified atom stereocenters. The smallest absolute Gasteiger partial charge is 0.266 e. The van der Waals surface area contributed by atoms with Gasteiger partial charge < -0.3 is 15.0 Å². The van der Waals surface area contributed by atoms with Gasteiger partial charge >= 0.3 is 0 Å². The number of nitrogens with zero attached hydrogens (tertiary/aromatic N) is 3. The summed E-state index contributed by atoms with van der Waals surface area (Å²) in [4.78, 5) is 46.2. The van der Waals surface area contributed by atoms with E-state index in [0.717, 1.165) is 22.6 Å². The van der Waals surface area contributed by atoms with Gasteiger partial charge in [-0.2, -0.15) is 0 Å². The third-order valence-electron chi connectivity index (χ3n) is 5.71. The molecule has 0 saturated carbocycles. The molecule has 0 fully saturated rings. The van der Waals surface area contributed by atoms with Gasteiger partial charge in [-0.15, -0.1) is 11.3 Å². The number of likely N-dealkylation sites (N-methyl/N-ethyl adjacent to an activating group) is 1. The van der Waals surface area contributed by atoms with E-state index >= 15 is 0 Å². The normalized spacial score (nSPS) is 10.9. The number of hydrogen-bond acceptors (Lipinski definition) is 6. The zero-order chi connectivity index (χ0) is 25.1. The maximum Gasteiger partial charge on any atom is 0.266 e. The fraction of sp³-hybridized carbons (Fsp3) is 0.231. The number of carbonyl (C=O) groups excluding carboxylic acids is 2. The van der Waals surface area contributed by atoms with Crippen LogP contribution in [-0.4, -0.2) is 35.0 Å². The Kier molecular flexibility index (Phi) is 6.97. The Labute approximate surface area is 206 Å². The standard InChI is InChI=1S/C26H26N4O4S/c1-5-30(18-10-8-9-16(2)13-18)21(31)14-29-15-27-25-22(26(29)33)17(3)23(35-25)24(32)28-19-11-6-7-12-20(19)34-4/h6-13,15H,5,14H2,1-4H3,(H,28,32). The number of hydrogen-bond donors (Lipinski definition) is 1. The lowest BCUT2D eigenvalue weighted by molar-refractivity contribution is -0.119. The molecule has 0 saturated heterocycles. The number of thiophene rings is 1. The van der Waals surface area contributed by atoms with Crippen LogP contribution in [0.2, 0.25) is 0 Å². The molecule has 8 nitrogen and oxygen atoms in total. The molecular weight excluding hydrogens is 464 g/mol. The lowest BCUT2D eigenvalue weighted by atomic mass is 10.2. The number of para-hydroxylation sites is 2. The average Bonchev–Trinajstić information content (AvgIpc) is 3.19. The van der Waals surface area contributed by atoms with Crippen LogP contribution in [0, 0.1) is 13.8 Å². The van der Waals surface area contributed by atoms with Crippen LogP contribution >= 0.6 is 11.3 Å². The number of methoxy groups -OCH3 is 1. The molecule has 180 valence electrons. The molecule has 1 N–H and O–H groups in total. The molecule has 2 aromatic carbocycles. The molecule has 0 aliphatic rings. The minimum atomic E-state index is -0.353.